The fourth-order valence-corrected chi connectivity index (χ4v) is 5.54. The molecular formula is C26H29N3O5S. The summed E-state index contributed by atoms with van der Waals surface area (Å²) in [5.74, 6) is 0.462. The van der Waals surface area contributed by atoms with E-state index in [1.165, 1.54) is 30.7 Å². The molecule has 1 heterocycles. The summed E-state index contributed by atoms with van der Waals surface area (Å²) in [5.41, 5.74) is 2.61. The van der Waals surface area contributed by atoms with Gasteiger partial charge >= 0.3 is 0 Å². The molecule has 1 amide bonds. The van der Waals surface area contributed by atoms with E-state index in [0.717, 1.165) is 11.4 Å². The van der Waals surface area contributed by atoms with Crippen molar-refractivity contribution in [3.05, 3.63) is 72.8 Å². The van der Waals surface area contributed by atoms with Crippen molar-refractivity contribution in [2.24, 2.45) is 5.92 Å². The summed E-state index contributed by atoms with van der Waals surface area (Å²) in [7, 11) is -0.737. The number of nitrogens with zero attached hydrogens (tertiary/aromatic N) is 1. The third-order valence-electron chi connectivity index (χ3n) is 6.03. The third kappa shape index (κ3) is 5.75. The van der Waals surface area contributed by atoms with Gasteiger partial charge in [0.1, 0.15) is 0 Å². The highest BCUT2D eigenvalue weighted by atomic mass is 32.2. The zero-order valence-electron chi connectivity index (χ0n) is 19.7. The second kappa shape index (κ2) is 10.8. The quantitative estimate of drug-likeness (QED) is 0.478. The first kappa shape index (κ1) is 24.6. The molecule has 0 aromatic heterocycles. The second-order valence-corrected chi connectivity index (χ2v) is 10.2. The summed E-state index contributed by atoms with van der Waals surface area (Å²) in [4.78, 5) is 12.9. The van der Waals surface area contributed by atoms with Crippen molar-refractivity contribution in [1.82, 2.24) is 4.31 Å². The normalized spacial score (nSPS) is 14.8. The minimum atomic E-state index is -3.70. The number of nitrogens with one attached hydrogen (secondary N) is 2. The average molecular weight is 496 g/mol. The zero-order chi connectivity index (χ0) is 24.8. The molecule has 4 rings (SSSR count). The van der Waals surface area contributed by atoms with Crippen molar-refractivity contribution in [2.75, 3.05) is 37.9 Å². The zero-order valence-corrected chi connectivity index (χ0v) is 20.5. The largest absolute Gasteiger partial charge is 0.493 e. The molecule has 0 aliphatic carbocycles. The molecule has 9 heteroatoms. The highest BCUT2D eigenvalue weighted by Crippen LogP contribution is 2.32. The van der Waals surface area contributed by atoms with Crippen LogP contribution in [0.3, 0.4) is 0 Å². The molecule has 0 saturated carbocycles. The molecule has 184 valence electrons. The van der Waals surface area contributed by atoms with Crippen LogP contribution in [-0.2, 0) is 14.8 Å². The lowest BCUT2D eigenvalue weighted by Gasteiger charge is -2.30. The molecule has 0 unspecified atom stereocenters. The van der Waals surface area contributed by atoms with E-state index in [0.29, 0.717) is 30.0 Å². The van der Waals surface area contributed by atoms with Gasteiger partial charge in [0.05, 0.1) is 19.1 Å². The van der Waals surface area contributed by atoms with Gasteiger partial charge in [-0.15, -0.1) is 0 Å². The second-order valence-electron chi connectivity index (χ2n) is 8.25. The number of benzene rings is 3. The van der Waals surface area contributed by atoms with Crippen molar-refractivity contribution in [2.45, 2.75) is 17.7 Å². The van der Waals surface area contributed by atoms with Gasteiger partial charge in [-0.25, -0.2) is 8.42 Å². The minimum absolute atomic E-state index is 0.100. The van der Waals surface area contributed by atoms with E-state index in [9.17, 15) is 13.2 Å². The topological polar surface area (TPSA) is 97.0 Å². The third-order valence-corrected chi connectivity index (χ3v) is 7.93. The number of anilines is 3. The van der Waals surface area contributed by atoms with E-state index in [-0.39, 0.29) is 29.8 Å². The molecule has 1 saturated heterocycles. The number of methoxy groups -OCH3 is 2. The molecule has 0 bridgehead atoms. The van der Waals surface area contributed by atoms with Gasteiger partial charge in [-0.1, -0.05) is 18.2 Å². The Labute approximate surface area is 205 Å². The van der Waals surface area contributed by atoms with Crippen molar-refractivity contribution < 1.29 is 22.7 Å². The molecule has 3 aromatic carbocycles. The summed E-state index contributed by atoms with van der Waals surface area (Å²) in [6.45, 7) is 0.545. The molecule has 35 heavy (non-hydrogen) atoms. The molecule has 0 radical (unpaired) electrons. The lowest BCUT2D eigenvalue weighted by atomic mass is 9.97. The van der Waals surface area contributed by atoms with Gasteiger partial charge in [-0.05, 0) is 61.4 Å². The van der Waals surface area contributed by atoms with Crippen LogP contribution in [0.4, 0.5) is 17.1 Å². The van der Waals surface area contributed by atoms with Crippen LogP contribution in [0.15, 0.2) is 77.7 Å². The first-order valence-corrected chi connectivity index (χ1v) is 12.8. The van der Waals surface area contributed by atoms with Gasteiger partial charge in [0.2, 0.25) is 15.9 Å². The Hall–Kier alpha value is -3.56. The van der Waals surface area contributed by atoms with Crippen LogP contribution in [0.25, 0.3) is 0 Å². The highest BCUT2D eigenvalue weighted by molar-refractivity contribution is 7.89. The first-order chi connectivity index (χ1) is 16.9. The smallest absolute Gasteiger partial charge is 0.243 e. The number of ether oxygens (including phenoxy) is 2. The van der Waals surface area contributed by atoms with E-state index in [4.69, 9.17) is 9.47 Å². The van der Waals surface area contributed by atoms with Crippen molar-refractivity contribution in [3.8, 4) is 11.5 Å². The van der Waals surface area contributed by atoms with Gasteiger partial charge in [0, 0.05) is 42.1 Å². The number of carbonyl (C=O) groups is 1. The molecule has 1 aliphatic heterocycles. The number of amides is 1. The Balaban J connectivity index is 1.33. The maximum Gasteiger partial charge on any atom is 0.243 e. The minimum Gasteiger partial charge on any atom is -0.493 e. The maximum absolute atomic E-state index is 13.1. The standard InChI is InChI=1S/C26H29N3O5S/c1-33-24-13-12-23(18-25(24)34-2)35(31,32)29-16-14-19(15-17-29)26(30)28-22-10-8-21(9-11-22)27-20-6-4-3-5-7-20/h3-13,18-19,27H,14-17H2,1-2H3,(H,28,30). The van der Waals surface area contributed by atoms with Crippen LogP contribution < -0.4 is 20.1 Å². The fourth-order valence-electron chi connectivity index (χ4n) is 4.05. The van der Waals surface area contributed by atoms with E-state index in [1.807, 2.05) is 54.6 Å². The number of carbonyl (C=O) groups excluding carboxylic acids is 1. The van der Waals surface area contributed by atoms with Gasteiger partial charge in [-0.2, -0.15) is 4.31 Å². The summed E-state index contributed by atoms with van der Waals surface area (Å²) in [6, 6.07) is 21.9. The van der Waals surface area contributed by atoms with Gasteiger partial charge in [0.25, 0.3) is 0 Å². The summed E-state index contributed by atoms with van der Waals surface area (Å²) >= 11 is 0. The van der Waals surface area contributed by atoms with E-state index in [1.54, 1.807) is 6.07 Å². The van der Waals surface area contributed by atoms with Crippen LogP contribution in [0.2, 0.25) is 0 Å². The molecule has 2 N–H and O–H groups in total. The van der Waals surface area contributed by atoms with Gasteiger partial charge in [-0.3, -0.25) is 4.79 Å². The van der Waals surface area contributed by atoms with Gasteiger partial charge in [0.15, 0.2) is 11.5 Å². The van der Waals surface area contributed by atoms with E-state index < -0.39 is 10.0 Å². The van der Waals surface area contributed by atoms with Crippen LogP contribution in [0.1, 0.15) is 12.8 Å². The Morgan fingerprint density at radius 3 is 2.06 bits per heavy atom. The molecule has 0 spiro atoms. The van der Waals surface area contributed by atoms with Crippen molar-refractivity contribution in [3.63, 3.8) is 0 Å². The predicted molar refractivity (Wildman–Crippen MR) is 136 cm³/mol. The van der Waals surface area contributed by atoms with Crippen LogP contribution >= 0.6 is 0 Å². The highest BCUT2D eigenvalue weighted by Gasteiger charge is 2.32. The van der Waals surface area contributed by atoms with Gasteiger partial charge < -0.3 is 20.1 Å². The fraction of sp³-hybridized carbons (Fsp3) is 0.269. The lowest BCUT2D eigenvalue weighted by Crippen LogP contribution is -2.41. The molecule has 1 aliphatic rings. The molecule has 0 atom stereocenters. The van der Waals surface area contributed by atoms with Crippen LogP contribution in [0, 0.1) is 5.92 Å². The summed E-state index contributed by atoms with van der Waals surface area (Å²) in [6.07, 6.45) is 0.901. The Kier molecular flexibility index (Phi) is 7.57. The molecule has 8 nitrogen and oxygen atoms in total. The Morgan fingerprint density at radius 2 is 1.43 bits per heavy atom. The Morgan fingerprint density at radius 1 is 0.829 bits per heavy atom. The maximum atomic E-state index is 13.1. The van der Waals surface area contributed by atoms with E-state index >= 15 is 0 Å². The molecule has 1 fully saturated rings. The molecular weight excluding hydrogens is 466 g/mol. The number of piperidine rings is 1. The van der Waals surface area contributed by atoms with E-state index in [2.05, 4.69) is 10.6 Å². The number of hydrogen-bond donors (Lipinski definition) is 2. The first-order valence-electron chi connectivity index (χ1n) is 11.4. The predicted octanol–water partition coefficient (Wildman–Crippen LogP) is 4.49. The summed E-state index contributed by atoms with van der Waals surface area (Å²) < 4.78 is 38.1. The monoisotopic (exact) mass is 495 g/mol. The number of sulfonamides is 1. The Bertz CT molecular complexity index is 1260. The van der Waals surface area contributed by atoms with Crippen LogP contribution in [-0.4, -0.2) is 45.9 Å². The van der Waals surface area contributed by atoms with Crippen LogP contribution in [0.5, 0.6) is 11.5 Å². The van der Waals surface area contributed by atoms with Crippen molar-refractivity contribution >= 4 is 33.0 Å². The number of para-hydroxylation sites is 1. The SMILES string of the molecule is COc1ccc(S(=O)(=O)N2CCC(C(=O)Nc3ccc(Nc4ccccc4)cc3)CC2)cc1OC. The lowest BCUT2D eigenvalue weighted by molar-refractivity contribution is -0.120. The number of hydrogen-bond acceptors (Lipinski definition) is 6. The average Bonchev–Trinajstić information content (AvgIpc) is 2.90. The summed E-state index contributed by atoms with van der Waals surface area (Å²) in [5, 5.41) is 6.25. The van der Waals surface area contributed by atoms with Crippen molar-refractivity contribution in [1.29, 1.82) is 0 Å². The molecule has 3 aromatic rings. The number of rotatable bonds is 8.